The van der Waals surface area contributed by atoms with Gasteiger partial charge in [0, 0.05) is 6.20 Å². The molecule has 5 heteroatoms. The van der Waals surface area contributed by atoms with Gasteiger partial charge in [-0.25, -0.2) is 4.79 Å². The number of benzene rings is 1. The van der Waals surface area contributed by atoms with Crippen LogP contribution in [0.1, 0.15) is 27.7 Å². The van der Waals surface area contributed by atoms with Crippen LogP contribution in [0.25, 0.3) is 0 Å². The summed E-state index contributed by atoms with van der Waals surface area (Å²) in [5.74, 6) is -0.393. The number of nitrogen functional groups attached to an aromatic ring is 1. The van der Waals surface area contributed by atoms with Crippen LogP contribution in [0.4, 0.5) is 5.69 Å². The van der Waals surface area contributed by atoms with Gasteiger partial charge in [-0.1, -0.05) is 24.3 Å². The Labute approximate surface area is 123 Å². The molecule has 2 aromatic rings. The molecule has 0 saturated carbocycles. The fraction of sp³-hybridized carbons (Fsp3) is 0.312. The second kappa shape index (κ2) is 5.61. The Hall–Kier alpha value is -2.27. The van der Waals surface area contributed by atoms with E-state index in [1.807, 2.05) is 12.1 Å². The Morgan fingerprint density at radius 2 is 2.29 bits per heavy atom. The Morgan fingerprint density at radius 3 is 3.10 bits per heavy atom. The molecule has 1 aliphatic rings. The summed E-state index contributed by atoms with van der Waals surface area (Å²) < 4.78 is 12.5. The zero-order valence-electron chi connectivity index (χ0n) is 11.9. The van der Waals surface area contributed by atoms with Crippen molar-refractivity contribution in [2.24, 2.45) is 0 Å². The monoisotopic (exact) mass is 286 g/mol. The van der Waals surface area contributed by atoms with E-state index in [-0.39, 0.29) is 6.10 Å². The summed E-state index contributed by atoms with van der Waals surface area (Å²) in [4.78, 5) is 11.8. The first-order valence-electron chi connectivity index (χ1n) is 6.92. The number of ether oxygens (including phenoxy) is 2. The molecule has 1 aromatic carbocycles. The van der Waals surface area contributed by atoms with Crippen molar-refractivity contribution in [2.75, 3.05) is 19.5 Å². The van der Waals surface area contributed by atoms with Crippen LogP contribution >= 0.6 is 0 Å². The molecule has 0 amide bonds. The quantitative estimate of drug-likeness (QED) is 0.878. The fourth-order valence-corrected chi connectivity index (χ4v) is 2.77. The average molecular weight is 286 g/mol. The highest BCUT2D eigenvalue weighted by Crippen LogP contribution is 2.29. The summed E-state index contributed by atoms with van der Waals surface area (Å²) in [7, 11) is 1.36. The van der Waals surface area contributed by atoms with E-state index in [1.165, 1.54) is 18.2 Å². The van der Waals surface area contributed by atoms with Crippen molar-refractivity contribution < 1.29 is 14.3 Å². The van der Waals surface area contributed by atoms with Gasteiger partial charge in [-0.3, -0.25) is 0 Å². The molecular formula is C16H18N2O3. The van der Waals surface area contributed by atoms with E-state index >= 15 is 0 Å². The lowest BCUT2D eigenvalue weighted by molar-refractivity contribution is 0.0292. The van der Waals surface area contributed by atoms with E-state index in [2.05, 4.69) is 12.1 Å². The van der Waals surface area contributed by atoms with E-state index < -0.39 is 5.97 Å². The minimum absolute atomic E-state index is 0.0786. The molecule has 2 heterocycles. The second-order valence-corrected chi connectivity index (χ2v) is 5.11. The molecule has 0 aliphatic carbocycles. The van der Waals surface area contributed by atoms with Gasteiger partial charge in [0.2, 0.25) is 0 Å². The number of nitrogens with two attached hydrogens (primary N) is 1. The number of carbonyl (C=O) groups excluding carboxylic acids is 1. The van der Waals surface area contributed by atoms with Crippen molar-refractivity contribution in [1.82, 2.24) is 4.57 Å². The highest BCUT2D eigenvalue weighted by Gasteiger charge is 2.23. The van der Waals surface area contributed by atoms with Gasteiger partial charge >= 0.3 is 5.97 Å². The predicted octanol–water partition coefficient (Wildman–Crippen LogP) is 2.17. The molecule has 3 rings (SSSR count). The maximum absolute atomic E-state index is 11.8. The van der Waals surface area contributed by atoms with Crippen molar-refractivity contribution in [1.29, 1.82) is 0 Å². The van der Waals surface area contributed by atoms with Gasteiger partial charge in [-0.05, 0) is 23.6 Å². The molecule has 0 spiro atoms. The Morgan fingerprint density at radius 1 is 1.48 bits per heavy atom. The first kappa shape index (κ1) is 13.7. The zero-order valence-corrected chi connectivity index (χ0v) is 11.9. The van der Waals surface area contributed by atoms with Crippen LogP contribution in [0.3, 0.4) is 0 Å². The highest BCUT2D eigenvalue weighted by molar-refractivity contribution is 5.88. The fourth-order valence-electron chi connectivity index (χ4n) is 2.77. The molecule has 0 fully saturated rings. The second-order valence-electron chi connectivity index (χ2n) is 5.11. The first-order chi connectivity index (χ1) is 10.2. The van der Waals surface area contributed by atoms with Gasteiger partial charge in [-0.15, -0.1) is 0 Å². The topological polar surface area (TPSA) is 66.5 Å². The third-order valence-corrected chi connectivity index (χ3v) is 3.77. The molecular weight excluding hydrogens is 268 g/mol. The minimum atomic E-state index is -0.393. The molecule has 1 aliphatic heterocycles. The SMILES string of the molecule is COC(=O)c1cc(N)cn1CC1OCCc2ccccc21. The van der Waals surface area contributed by atoms with E-state index in [0.717, 1.165) is 6.42 Å². The number of hydrogen-bond acceptors (Lipinski definition) is 4. The number of methoxy groups -OCH3 is 1. The summed E-state index contributed by atoms with van der Waals surface area (Å²) in [5, 5.41) is 0. The van der Waals surface area contributed by atoms with Crippen molar-refractivity contribution in [3.05, 3.63) is 53.3 Å². The van der Waals surface area contributed by atoms with Crippen molar-refractivity contribution in [3.8, 4) is 0 Å². The van der Waals surface area contributed by atoms with Crippen LogP contribution in [0.15, 0.2) is 36.5 Å². The summed E-state index contributed by atoms with van der Waals surface area (Å²) in [5.41, 5.74) is 9.26. The van der Waals surface area contributed by atoms with Crippen LogP contribution in [-0.2, 0) is 22.4 Å². The molecule has 2 N–H and O–H groups in total. The lowest BCUT2D eigenvalue weighted by atomic mass is 9.97. The summed E-state index contributed by atoms with van der Waals surface area (Å²) in [6.07, 6.45) is 2.59. The molecule has 110 valence electrons. The Balaban J connectivity index is 1.90. The Kier molecular flexibility index (Phi) is 3.66. The largest absolute Gasteiger partial charge is 0.464 e. The van der Waals surface area contributed by atoms with E-state index in [4.69, 9.17) is 15.2 Å². The van der Waals surface area contributed by atoms with E-state index in [1.54, 1.807) is 16.8 Å². The van der Waals surface area contributed by atoms with Crippen LogP contribution < -0.4 is 5.73 Å². The Bertz CT molecular complexity index is 663. The van der Waals surface area contributed by atoms with Gasteiger partial charge < -0.3 is 19.8 Å². The summed E-state index contributed by atoms with van der Waals surface area (Å²) in [6.45, 7) is 1.23. The summed E-state index contributed by atoms with van der Waals surface area (Å²) >= 11 is 0. The average Bonchev–Trinajstić information content (AvgIpc) is 2.87. The number of carbonyl (C=O) groups is 1. The highest BCUT2D eigenvalue weighted by atomic mass is 16.5. The lowest BCUT2D eigenvalue weighted by Gasteiger charge is -2.26. The van der Waals surface area contributed by atoms with Gasteiger partial charge in [0.15, 0.2) is 0 Å². The van der Waals surface area contributed by atoms with Gasteiger partial charge in [0.25, 0.3) is 0 Å². The van der Waals surface area contributed by atoms with Gasteiger partial charge in [0.1, 0.15) is 11.8 Å². The molecule has 0 bridgehead atoms. The van der Waals surface area contributed by atoms with E-state index in [0.29, 0.717) is 24.5 Å². The van der Waals surface area contributed by atoms with Crippen LogP contribution in [0.2, 0.25) is 0 Å². The van der Waals surface area contributed by atoms with E-state index in [9.17, 15) is 4.79 Å². The van der Waals surface area contributed by atoms with Crippen molar-refractivity contribution in [3.63, 3.8) is 0 Å². The number of fused-ring (bicyclic) bond motifs is 1. The van der Waals surface area contributed by atoms with Crippen LogP contribution in [0.5, 0.6) is 0 Å². The molecule has 1 atom stereocenters. The predicted molar refractivity (Wildman–Crippen MR) is 79.0 cm³/mol. The van der Waals surface area contributed by atoms with Gasteiger partial charge in [0.05, 0.1) is 25.9 Å². The zero-order chi connectivity index (χ0) is 14.8. The standard InChI is InChI=1S/C16H18N2O3/c1-20-16(19)14-8-12(17)9-18(14)10-15-13-5-3-2-4-11(13)6-7-21-15/h2-5,8-9,15H,6-7,10,17H2,1H3. The molecule has 0 radical (unpaired) electrons. The number of hydrogen-bond donors (Lipinski definition) is 1. The van der Waals surface area contributed by atoms with Crippen LogP contribution in [0, 0.1) is 0 Å². The smallest absolute Gasteiger partial charge is 0.354 e. The molecule has 1 unspecified atom stereocenters. The molecule has 5 nitrogen and oxygen atoms in total. The maximum atomic E-state index is 11.8. The lowest BCUT2D eigenvalue weighted by Crippen LogP contribution is -2.22. The number of aromatic nitrogens is 1. The number of anilines is 1. The normalized spacial score (nSPS) is 17.3. The minimum Gasteiger partial charge on any atom is -0.464 e. The third-order valence-electron chi connectivity index (χ3n) is 3.77. The number of esters is 1. The first-order valence-corrected chi connectivity index (χ1v) is 6.92. The third kappa shape index (κ3) is 2.64. The maximum Gasteiger partial charge on any atom is 0.354 e. The van der Waals surface area contributed by atoms with Crippen molar-refractivity contribution >= 4 is 11.7 Å². The van der Waals surface area contributed by atoms with Crippen LogP contribution in [-0.4, -0.2) is 24.3 Å². The summed E-state index contributed by atoms with van der Waals surface area (Å²) in [6, 6.07) is 9.86. The number of nitrogens with zero attached hydrogens (tertiary/aromatic N) is 1. The molecule has 21 heavy (non-hydrogen) atoms. The molecule has 0 saturated heterocycles. The number of rotatable bonds is 3. The van der Waals surface area contributed by atoms with Crippen molar-refractivity contribution in [2.45, 2.75) is 19.1 Å². The van der Waals surface area contributed by atoms with Gasteiger partial charge in [-0.2, -0.15) is 0 Å². The molecule has 1 aromatic heterocycles.